The van der Waals surface area contributed by atoms with Gasteiger partial charge in [-0.3, -0.25) is 0 Å². The van der Waals surface area contributed by atoms with Crippen LogP contribution in [0.15, 0.2) is 54.6 Å². The standard InChI is InChI=1S/C16H12ClFN4/c17-11-3-7-13(8-4-11)20-15-9-14(19)21-16(22-15)10-1-5-12(18)6-2-10/h1-9H,(H3,19,20,21,22). The van der Waals surface area contributed by atoms with Gasteiger partial charge in [-0.2, -0.15) is 0 Å². The Morgan fingerprint density at radius 2 is 1.64 bits per heavy atom. The molecule has 1 aromatic heterocycles. The van der Waals surface area contributed by atoms with Gasteiger partial charge in [-0.15, -0.1) is 0 Å². The van der Waals surface area contributed by atoms with Gasteiger partial charge in [0.1, 0.15) is 17.5 Å². The first-order valence-electron chi connectivity index (χ1n) is 6.53. The third-order valence-corrected chi connectivity index (χ3v) is 3.22. The molecule has 0 atom stereocenters. The first kappa shape index (κ1) is 14.3. The zero-order chi connectivity index (χ0) is 15.5. The van der Waals surface area contributed by atoms with Gasteiger partial charge in [0.05, 0.1) is 0 Å². The van der Waals surface area contributed by atoms with E-state index in [2.05, 4.69) is 15.3 Å². The highest BCUT2D eigenvalue weighted by molar-refractivity contribution is 6.30. The molecule has 0 saturated heterocycles. The van der Waals surface area contributed by atoms with E-state index in [1.165, 1.54) is 12.1 Å². The monoisotopic (exact) mass is 314 g/mol. The molecule has 1 heterocycles. The minimum Gasteiger partial charge on any atom is -0.384 e. The predicted molar refractivity (Wildman–Crippen MR) is 86.6 cm³/mol. The summed E-state index contributed by atoms with van der Waals surface area (Å²) >= 11 is 5.85. The molecular weight excluding hydrogens is 303 g/mol. The molecule has 3 N–H and O–H groups in total. The van der Waals surface area contributed by atoms with E-state index in [0.29, 0.717) is 28.0 Å². The maximum atomic E-state index is 13.0. The van der Waals surface area contributed by atoms with Gasteiger partial charge < -0.3 is 11.1 Å². The van der Waals surface area contributed by atoms with Crippen LogP contribution in [0.5, 0.6) is 0 Å². The molecule has 3 aromatic rings. The van der Waals surface area contributed by atoms with E-state index in [9.17, 15) is 4.39 Å². The van der Waals surface area contributed by atoms with Crippen LogP contribution in [-0.2, 0) is 0 Å². The summed E-state index contributed by atoms with van der Waals surface area (Å²) in [5, 5.41) is 3.78. The second kappa shape index (κ2) is 5.99. The number of benzene rings is 2. The van der Waals surface area contributed by atoms with E-state index < -0.39 is 0 Å². The van der Waals surface area contributed by atoms with Crippen molar-refractivity contribution in [3.8, 4) is 11.4 Å². The fourth-order valence-electron chi connectivity index (χ4n) is 1.94. The summed E-state index contributed by atoms with van der Waals surface area (Å²) in [5.41, 5.74) is 7.33. The van der Waals surface area contributed by atoms with Gasteiger partial charge in [-0.25, -0.2) is 14.4 Å². The van der Waals surface area contributed by atoms with Crippen LogP contribution in [0.25, 0.3) is 11.4 Å². The molecule has 0 spiro atoms. The van der Waals surface area contributed by atoms with Crippen molar-refractivity contribution in [3.63, 3.8) is 0 Å². The molecule has 0 amide bonds. The van der Waals surface area contributed by atoms with Gasteiger partial charge in [0.15, 0.2) is 5.82 Å². The van der Waals surface area contributed by atoms with Gasteiger partial charge >= 0.3 is 0 Å². The maximum Gasteiger partial charge on any atom is 0.163 e. The number of nitrogens with zero attached hydrogens (tertiary/aromatic N) is 2. The fraction of sp³-hybridized carbons (Fsp3) is 0. The molecule has 0 aliphatic rings. The predicted octanol–water partition coefficient (Wildman–Crippen LogP) is 4.26. The highest BCUT2D eigenvalue weighted by Gasteiger charge is 2.06. The summed E-state index contributed by atoms with van der Waals surface area (Å²) in [5.74, 6) is 0.989. The summed E-state index contributed by atoms with van der Waals surface area (Å²) in [6, 6.07) is 14.8. The third kappa shape index (κ3) is 3.32. The van der Waals surface area contributed by atoms with E-state index in [-0.39, 0.29) is 5.82 Å². The lowest BCUT2D eigenvalue weighted by atomic mass is 10.2. The Morgan fingerprint density at radius 1 is 0.955 bits per heavy atom. The average Bonchev–Trinajstić information content (AvgIpc) is 2.50. The van der Waals surface area contributed by atoms with Crippen molar-refractivity contribution >= 4 is 28.9 Å². The van der Waals surface area contributed by atoms with Crippen LogP contribution in [-0.4, -0.2) is 9.97 Å². The van der Waals surface area contributed by atoms with E-state index in [1.54, 1.807) is 30.3 Å². The highest BCUT2D eigenvalue weighted by atomic mass is 35.5. The van der Waals surface area contributed by atoms with Crippen molar-refractivity contribution in [2.45, 2.75) is 0 Å². The smallest absolute Gasteiger partial charge is 0.163 e. The van der Waals surface area contributed by atoms with E-state index in [0.717, 1.165) is 5.69 Å². The Hall–Kier alpha value is -2.66. The van der Waals surface area contributed by atoms with Crippen LogP contribution < -0.4 is 11.1 Å². The van der Waals surface area contributed by atoms with E-state index in [4.69, 9.17) is 17.3 Å². The molecule has 0 fully saturated rings. The molecule has 0 bridgehead atoms. The molecule has 2 aromatic carbocycles. The van der Waals surface area contributed by atoms with Crippen molar-refractivity contribution < 1.29 is 4.39 Å². The largest absolute Gasteiger partial charge is 0.384 e. The number of nitrogen functional groups attached to an aromatic ring is 1. The van der Waals surface area contributed by atoms with Crippen LogP contribution in [0.3, 0.4) is 0 Å². The van der Waals surface area contributed by atoms with Crippen molar-refractivity contribution in [2.24, 2.45) is 0 Å². The third-order valence-electron chi connectivity index (χ3n) is 2.97. The zero-order valence-electron chi connectivity index (χ0n) is 11.4. The van der Waals surface area contributed by atoms with Gasteiger partial charge in [0, 0.05) is 22.3 Å². The maximum absolute atomic E-state index is 13.0. The van der Waals surface area contributed by atoms with Crippen LogP contribution in [0.1, 0.15) is 0 Å². The normalized spacial score (nSPS) is 10.5. The zero-order valence-corrected chi connectivity index (χ0v) is 12.2. The first-order chi connectivity index (χ1) is 10.6. The second-order valence-electron chi connectivity index (χ2n) is 4.64. The molecule has 3 rings (SSSR count). The molecule has 110 valence electrons. The lowest BCUT2D eigenvalue weighted by Crippen LogP contribution is -2.01. The number of nitrogens with one attached hydrogen (secondary N) is 1. The SMILES string of the molecule is Nc1cc(Nc2ccc(Cl)cc2)nc(-c2ccc(F)cc2)n1. The second-order valence-corrected chi connectivity index (χ2v) is 5.08. The van der Waals surface area contributed by atoms with Crippen molar-refractivity contribution in [1.82, 2.24) is 9.97 Å². The summed E-state index contributed by atoms with van der Waals surface area (Å²) in [4.78, 5) is 8.57. The molecule has 0 saturated carbocycles. The van der Waals surface area contributed by atoms with Gasteiger partial charge in [-0.05, 0) is 48.5 Å². The summed E-state index contributed by atoms with van der Waals surface area (Å²) < 4.78 is 13.0. The molecule has 4 nitrogen and oxygen atoms in total. The minimum atomic E-state index is -0.313. The highest BCUT2D eigenvalue weighted by Crippen LogP contribution is 2.22. The van der Waals surface area contributed by atoms with Crippen molar-refractivity contribution in [3.05, 3.63) is 65.4 Å². The Labute approximate surface area is 131 Å². The Kier molecular flexibility index (Phi) is 3.89. The molecule has 0 aliphatic heterocycles. The molecule has 0 unspecified atom stereocenters. The van der Waals surface area contributed by atoms with Crippen LogP contribution in [0, 0.1) is 5.82 Å². The minimum absolute atomic E-state index is 0.313. The number of anilines is 3. The van der Waals surface area contributed by atoms with Gasteiger partial charge in [0.25, 0.3) is 0 Å². The number of hydrogen-bond donors (Lipinski definition) is 2. The van der Waals surface area contributed by atoms with Crippen molar-refractivity contribution in [2.75, 3.05) is 11.1 Å². The lowest BCUT2D eigenvalue weighted by Gasteiger charge is -2.08. The molecule has 22 heavy (non-hydrogen) atoms. The Morgan fingerprint density at radius 3 is 2.32 bits per heavy atom. The van der Waals surface area contributed by atoms with Gasteiger partial charge in [0.2, 0.25) is 0 Å². The van der Waals surface area contributed by atoms with Crippen LogP contribution >= 0.6 is 11.6 Å². The molecular formula is C16H12ClFN4. The number of rotatable bonds is 3. The lowest BCUT2D eigenvalue weighted by molar-refractivity contribution is 0.628. The number of aromatic nitrogens is 2. The summed E-state index contributed by atoms with van der Waals surface area (Å²) in [6.07, 6.45) is 0. The number of nitrogens with two attached hydrogens (primary N) is 1. The Balaban J connectivity index is 1.92. The van der Waals surface area contributed by atoms with Crippen molar-refractivity contribution in [1.29, 1.82) is 0 Å². The first-order valence-corrected chi connectivity index (χ1v) is 6.91. The average molecular weight is 315 g/mol. The summed E-state index contributed by atoms with van der Waals surface area (Å²) in [6.45, 7) is 0. The number of hydrogen-bond acceptors (Lipinski definition) is 4. The van der Waals surface area contributed by atoms with Gasteiger partial charge in [-0.1, -0.05) is 11.6 Å². The van der Waals surface area contributed by atoms with Crippen LogP contribution in [0.4, 0.5) is 21.7 Å². The van der Waals surface area contributed by atoms with Crippen LogP contribution in [0.2, 0.25) is 5.02 Å². The van der Waals surface area contributed by atoms with E-state index in [1.807, 2.05) is 12.1 Å². The quantitative estimate of drug-likeness (QED) is 0.758. The molecule has 0 radical (unpaired) electrons. The van der Waals surface area contributed by atoms with E-state index >= 15 is 0 Å². The molecule has 6 heteroatoms. The Bertz CT molecular complexity index is 788. The summed E-state index contributed by atoms with van der Waals surface area (Å²) in [7, 11) is 0. The number of halogens is 2. The topological polar surface area (TPSA) is 63.8 Å². The fourth-order valence-corrected chi connectivity index (χ4v) is 2.07. The molecule has 0 aliphatic carbocycles.